The van der Waals surface area contributed by atoms with E-state index >= 15 is 0 Å². The fourth-order valence-electron chi connectivity index (χ4n) is 8.09. The zero-order valence-electron chi connectivity index (χ0n) is 30.2. The SMILES string of the molecule is c1ccc(-c2cccc(-c3nc(-c4ccccc4)nc(-c4ccc5c(c4)oc4cccc(-c6ccccc6-n6c7ccccc7c7ccccc76)c45)n3)c2)cc1. The van der Waals surface area contributed by atoms with Gasteiger partial charge in [0.25, 0.3) is 0 Å². The van der Waals surface area contributed by atoms with Gasteiger partial charge in [0, 0.05) is 43.8 Å². The average Bonchev–Trinajstić information content (AvgIpc) is 3.82. The first-order valence-corrected chi connectivity index (χ1v) is 18.8. The van der Waals surface area contributed by atoms with Crippen molar-refractivity contribution in [2.45, 2.75) is 0 Å². The Balaban J connectivity index is 1.07. The van der Waals surface area contributed by atoms with Crippen LogP contribution in [0.2, 0.25) is 0 Å². The first-order valence-electron chi connectivity index (χ1n) is 18.8. The minimum atomic E-state index is 0.582. The van der Waals surface area contributed by atoms with Crippen molar-refractivity contribution in [1.82, 2.24) is 19.5 Å². The molecule has 0 aliphatic heterocycles. The molecule has 0 fully saturated rings. The predicted octanol–water partition coefficient (Wildman–Crippen LogP) is 13.2. The second-order valence-corrected chi connectivity index (χ2v) is 14.0. The molecule has 5 heteroatoms. The molecule has 0 saturated carbocycles. The van der Waals surface area contributed by atoms with Gasteiger partial charge in [-0.25, -0.2) is 15.0 Å². The molecule has 0 aliphatic rings. The Kier molecular flexibility index (Phi) is 7.42. The van der Waals surface area contributed by atoms with Crippen molar-refractivity contribution in [3.63, 3.8) is 0 Å². The van der Waals surface area contributed by atoms with E-state index in [0.717, 1.165) is 66.6 Å². The quantitative estimate of drug-likeness (QED) is 0.172. The Morgan fingerprint density at radius 2 is 0.875 bits per heavy atom. The monoisotopic (exact) mass is 716 g/mol. The molecular formula is C51H32N4O. The summed E-state index contributed by atoms with van der Waals surface area (Å²) >= 11 is 0. The Morgan fingerprint density at radius 1 is 0.339 bits per heavy atom. The summed E-state index contributed by atoms with van der Waals surface area (Å²) in [7, 11) is 0. The van der Waals surface area contributed by atoms with Crippen LogP contribution in [0.4, 0.5) is 0 Å². The lowest BCUT2D eigenvalue weighted by Gasteiger charge is -2.14. The first-order chi connectivity index (χ1) is 27.8. The first kappa shape index (κ1) is 31.9. The fourth-order valence-corrected chi connectivity index (χ4v) is 8.09. The molecule has 8 aromatic carbocycles. The summed E-state index contributed by atoms with van der Waals surface area (Å²) in [6.07, 6.45) is 0. The second kappa shape index (κ2) is 13.0. The lowest BCUT2D eigenvalue weighted by atomic mass is 9.97. The van der Waals surface area contributed by atoms with Crippen LogP contribution < -0.4 is 0 Å². The largest absolute Gasteiger partial charge is 0.456 e. The van der Waals surface area contributed by atoms with Gasteiger partial charge in [-0.3, -0.25) is 0 Å². The van der Waals surface area contributed by atoms with Crippen LogP contribution in [-0.2, 0) is 0 Å². The van der Waals surface area contributed by atoms with E-state index in [1.54, 1.807) is 0 Å². The molecule has 0 spiro atoms. The maximum absolute atomic E-state index is 6.66. The van der Waals surface area contributed by atoms with E-state index in [0.29, 0.717) is 17.5 Å². The number of hydrogen-bond donors (Lipinski definition) is 0. The zero-order valence-corrected chi connectivity index (χ0v) is 30.2. The van der Waals surface area contributed by atoms with Crippen LogP contribution >= 0.6 is 0 Å². The van der Waals surface area contributed by atoms with Gasteiger partial charge in [-0.1, -0.05) is 152 Å². The topological polar surface area (TPSA) is 56.7 Å². The molecule has 11 aromatic rings. The van der Waals surface area contributed by atoms with E-state index in [2.05, 4.69) is 162 Å². The molecule has 0 bridgehead atoms. The van der Waals surface area contributed by atoms with Crippen LogP contribution in [0.3, 0.4) is 0 Å². The Morgan fingerprint density at radius 3 is 1.61 bits per heavy atom. The van der Waals surface area contributed by atoms with Crippen molar-refractivity contribution in [1.29, 1.82) is 0 Å². The third-order valence-corrected chi connectivity index (χ3v) is 10.7. The molecule has 0 radical (unpaired) electrons. The molecule has 0 N–H and O–H groups in total. The standard InChI is InChI=1S/C51H32N4O/c1-3-15-33(16-4-1)35-19-13-20-36(31-35)50-52-49(34-17-5-2-6-18-34)53-51(54-50)37-29-30-42-47(32-37)56-46-28-14-24-41(48(42)46)40-23-9-12-27-45(40)55-43-25-10-7-21-38(43)39-22-8-11-26-44(39)55/h1-32H. The minimum absolute atomic E-state index is 0.582. The minimum Gasteiger partial charge on any atom is -0.456 e. The highest BCUT2D eigenvalue weighted by molar-refractivity contribution is 6.15. The summed E-state index contributed by atoms with van der Waals surface area (Å²) in [6.45, 7) is 0. The Hall–Kier alpha value is -7.63. The van der Waals surface area contributed by atoms with E-state index in [1.165, 1.54) is 21.8 Å². The number of furan rings is 1. The van der Waals surface area contributed by atoms with Crippen LogP contribution in [0.25, 0.3) is 106 Å². The van der Waals surface area contributed by atoms with Crippen molar-refractivity contribution in [2.24, 2.45) is 0 Å². The van der Waals surface area contributed by atoms with E-state index in [4.69, 9.17) is 19.4 Å². The molecule has 3 aromatic heterocycles. The molecule has 0 amide bonds. The van der Waals surface area contributed by atoms with Gasteiger partial charge in [-0.2, -0.15) is 0 Å². The van der Waals surface area contributed by atoms with Gasteiger partial charge in [0.05, 0.1) is 16.7 Å². The number of nitrogens with zero attached hydrogens (tertiary/aromatic N) is 4. The molecule has 262 valence electrons. The van der Waals surface area contributed by atoms with Crippen molar-refractivity contribution in [3.8, 4) is 62.1 Å². The van der Waals surface area contributed by atoms with E-state index in [9.17, 15) is 0 Å². The zero-order chi connectivity index (χ0) is 37.0. The van der Waals surface area contributed by atoms with Crippen molar-refractivity contribution in [3.05, 3.63) is 194 Å². The van der Waals surface area contributed by atoms with Crippen molar-refractivity contribution in [2.75, 3.05) is 0 Å². The molecule has 0 saturated heterocycles. The number of aromatic nitrogens is 4. The molecular weight excluding hydrogens is 685 g/mol. The summed E-state index contributed by atoms with van der Waals surface area (Å²) in [5.41, 5.74) is 12.2. The molecule has 0 unspecified atom stereocenters. The number of fused-ring (bicyclic) bond motifs is 6. The summed E-state index contributed by atoms with van der Waals surface area (Å²) in [5, 5.41) is 4.57. The maximum Gasteiger partial charge on any atom is 0.164 e. The second-order valence-electron chi connectivity index (χ2n) is 14.0. The van der Waals surface area contributed by atoms with Gasteiger partial charge in [0.15, 0.2) is 17.5 Å². The number of benzene rings is 8. The van der Waals surface area contributed by atoms with Gasteiger partial charge in [0.2, 0.25) is 0 Å². The summed E-state index contributed by atoms with van der Waals surface area (Å²) in [4.78, 5) is 15.1. The number of para-hydroxylation sites is 3. The molecule has 5 nitrogen and oxygen atoms in total. The Labute approximate surface area is 322 Å². The van der Waals surface area contributed by atoms with Crippen LogP contribution in [0.5, 0.6) is 0 Å². The lowest BCUT2D eigenvalue weighted by Crippen LogP contribution is -2.00. The predicted molar refractivity (Wildman–Crippen MR) is 229 cm³/mol. The molecule has 11 rings (SSSR count). The summed E-state index contributed by atoms with van der Waals surface area (Å²) in [5.74, 6) is 1.81. The smallest absolute Gasteiger partial charge is 0.164 e. The normalized spacial score (nSPS) is 11.6. The van der Waals surface area contributed by atoms with Crippen LogP contribution in [0, 0.1) is 0 Å². The highest BCUT2D eigenvalue weighted by Gasteiger charge is 2.20. The number of rotatable bonds is 6. The van der Waals surface area contributed by atoms with Crippen LogP contribution in [-0.4, -0.2) is 19.5 Å². The van der Waals surface area contributed by atoms with Crippen LogP contribution in [0.1, 0.15) is 0 Å². The van der Waals surface area contributed by atoms with E-state index < -0.39 is 0 Å². The fraction of sp³-hybridized carbons (Fsp3) is 0. The highest BCUT2D eigenvalue weighted by Crippen LogP contribution is 2.42. The number of hydrogen-bond acceptors (Lipinski definition) is 4. The van der Waals surface area contributed by atoms with E-state index in [-0.39, 0.29) is 0 Å². The third-order valence-electron chi connectivity index (χ3n) is 10.7. The molecule has 56 heavy (non-hydrogen) atoms. The molecule has 0 aliphatic carbocycles. The molecule has 0 atom stereocenters. The van der Waals surface area contributed by atoms with Gasteiger partial charge < -0.3 is 8.98 Å². The van der Waals surface area contributed by atoms with Gasteiger partial charge in [0.1, 0.15) is 11.2 Å². The van der Waals surface area contributed by atoms with Crippen molar-refractivity contribution >= 4 is 43.7 Å². The summed E-state index contributed by atoms with van der Waals surface area (Å²) < 4.78 is 9.05. The summed E-state index contributed by atoms with van der Waals surface area (Å²) in [6, 6.07) is 67.4. The van der Waals surface area contributed by atoms with Gasteiger partial charge in [-0.05, 0) is 59.2 Å². The highest BCUT2D eigenvalue weighted by atomic mass is 16.3. The molecule has 3 heterocycles. The maximum atomic E-state index is 6.66. The van der Waals surface area contributed by atoms with Gasteiger partial charge >= 0.3 is 0 Å². The lowest BCUT2D eigenvalue weighted by molar-refractivity contribution is 0.669. The van der Waals surface area contributed by atoms with Gasteiger partial charge in [-0.15, -0.1) is 0 Å². The van der Waals surface area contributed by atoms with Crippen molar-refractivity contribution < 1.29 is 4.42 Å². The Bertz CT molecular complexity index is 3200. The third kappa shape index (κ3) is 5.29. The van der Waals surface area contributed by atoms with Crippen LogP contribution in [0.15, 0.2) is 199 Å². The average molecular weight is 717 g/mol. The van der Waals surface area contributed by atoms with E-state index in [1.807, 2.05) is 36.4 Å².